The minimum atomic E-state index is 0.506. The predicted octanol–water partition coefficient (Wildman–Crippen LogP) is 4.80. The van der Waals surface area contributed by atoms with Crippen molar-refractivity contribution in [3.05, 3.63) is 22.7 Å². The van der Waals surface area contributed by atoms with Crippen LogP contribution in [-0.4, -0.2) is 6.04 Å². The zero-order chi connectivity index (χ0) is 12.7. The summed E-state index contributed by atoms with van der Waals surface area (Å²) in [5.41, 5.74) is 7.63. The van der Waals surface area contributed by atoms with Gasteiger partial charge in [-0.3, -0.25) is 0 Å². The third kappa shape index (κ3) is 5.44. The van der Waals surface area contributed by atoms with Crippen LogP contribution in [0.25, 0.3) is 0 Å². The first-order valence-corrected chi connectivity index (χ1v) is 7.24. The Kier molecular flexibility index (Phi) is 6.41. The molecule has 0 radical (unpaired) electrons. The molecule has 1 atom stereocenters. The van der Waals surface area contributed by atoms with Gasteiger partial charge in [0, 0.05) is 21.9 Å². The minimum absolute atomic E-state index is 0.506. The second kappa shape index (κ2) is 7.59. The predicted molar refractivity (Wildman–Crippen MR) is 80.4 cm³/mol. The molecule has 0 amide bonds. The summed E-state index contributed by atoms with van der Waals surface area (Å²) in [6.07, 6.45) is 6.50. The van der Waals surface area contributed by atoms with Crippen LogP contribution in [0, 0.1) is 0 Å². The molecule has 3 N–H and O–H groups in total. The fourth-order valence-electron chi connectivity index (χ4n) is 1.86. The zero-order valence-corrected chi connectivity index (χ0v) is 12.4. The van der Waals surface area contributed by atoms with Crippen LogP contribution in [0.15, 0.2) is 22.7 Å². The van der Waals surface area contributed by atoms with Gasteiger partial charge >= 0.3 is 0 Å². The van der Waals surface area contributed by atoms with Crippen molar-refractivity contribution in [2.45, 2.75) is 52.0 Å². The number of nitrogens with two attached hydrogens (primary N) is 1. The summed E-state index contributed by atoms with van der Waals surface area (Å²) in [4.78, 5) is 0. The summed E-state index contributed by atoms with van der Waals surface area (Å²) in [6, 6.07) is 6.40. The Labute approximate surface area is 113 Å². The number of nitrogens with one attached hydrogen (secondary N) is 1. The van der Waals surface area contributed by atoms with Crippen LogP contribution in [0.1, 0.15) is 46.0 Å². The molecule has 96 valence electrons. The van der Waals surface area contributed by atoms with Crippen LogP contribution in [0.5, 0.6) is 0 Å². The van der Waals surface area contributed by atoms with Crippen molar-refractivity contribution >= 4 is 27.3 Å². The number of unbranched alkanes of at least 4 members (excludes halogenated alkanes) is 3. The third-order valence-electron chi connectivity index (χ3n) is 2.89. The van der Waals surface area contributed by atoms with Gasteiger partial charge in [0.2, 0.25) is 0 Å². The largest absolute Gasteiger partial charge is 0.399 e. The molecule has 1 unspecified atom stereocenters. The van der Waals surface area contributed by atoms with Crippen LogP contribution in [0.3, 0.4) is 0 Å². The quantitative estimate of drug-likeness (QED) is 0.560. The fourth-order valence-corrected chi connectivity index (χ4v) is 2.37. The summed E-state index contributed by atoms with van der Waals surface area (Å²) < 4.78 is 1.04. The van der Waals surface area contributed by atoms with Crippen molar-refractivity contribution < 1.29 is 0 Å². The van der Waals surface area contributed by atoms with Gasteiger partial charge in [-0.2, -0.15) is 0 Å². The van der Waals surface area contributed by atoms with Gasteiger partial charge in [-0.05, 0) is 47.5 Å². The number of hydrogen-bond acceptors (Lipinski definition) is 2. The fraction of sp³-hybridized carbons (Fsp3) is 0.571. The first kappa shape index (κ1) is 14.4. The van der Waals surface area contributed by atoms with Crippen molar-refractivity contribution in [3.8, 4) is 0 Å². The van der Waals surface area contributed by atoms with Gasteiger partial charge in [-0.25, -0.2) is 0 Å². The van der Waals surface area contributed by atoms with Gasteiger partial charge in [0.1, 0.15) is 0 Å². The molecule has 17 heavy (non-hydrogen) atoms. The van der Waals surface area contributed by atoms with Gasteiger partial charge in [-0.15, -0.1) is 0 Å². The number of halogens is 1. The Morgan fingerprint density at radius 1 is 1.29 bits per heavy atom. The van der Waals surface area contributed by atoms with E-state index in [1.165, 1.54) is 32.1 Å². The minimum Gasteiger partial charge on any atom is -0.399 e. The molecular weight excluding hydrogens is 276 g/mol. The van der Waals surface area contributed by atoms with E-state index in [0.29, 0.717) is 6.04 Å². The topological polar surface area (TPSA) is 38.0 Å². The Morgan fingerprint density at radius 2 is 2.06 bits per heavy atom. The van der Waals surface area contributed by atoms with Crippen LogP contribution in [0.4, 0.5) is 11.4 Å². The van der Waals surface area contributed by atoms with Crippen molar-refractivity contribution in [1.29, 1.82) is 0 Å². The van der Waals surface area contributed by atoms with Crippen molar-refractivity contribution in [2.75, 3.05) is 11.1 Å². The molecule has 0 saturated heterocycles. The van der Waals surface area contributed by atoms with Crippen molar-refractivity contribution in [3.63, 3.8) is 0 Å². The lowest BCUT2D eigenvalue weighted by Crippen LogP contribution is -2.15. The highest BCUT2D eigenvalue weighted by molar-refractivity contribution is 9.10. The van der Waals surface area contributed by atoms with E-state index in [9.17, 15) is 0 Å². The van der Waals surface area contributed by atoms with E-state index in [1.54, 1.807) is 0 Å². The molecule has 0 bridgehead atoms. The van der Waals surface area contributed by atoms with E-state index in [-0.39, 0.29) is 0 Å². The maximum Gasteiger partial charge on any atom is 0.0488 e. The van der Waals surface area contributed by atoms with Gasteiger partial charge in [0.25, 0.3) is 0 Å². The summed E-state index contributed by atoms with van der Waals surface area (Å²) in [5, 5.41) is 3.51. The highest BCUT2D eigenvalue weighted by atomic mass is 79.9. The summed E-state index contributed by atoms with van der Waals surface area (Å²) in [6.45, 7) is 4.47. The average molecular weight is 299 g/mol. The summed E-state index contributed by atoms with van der Waals surface area (Å²) >= 11 is 3.53. The molecule has 0 aliphatic rings. The maximum atomic E-state index is 5.71. The Bertz CT molecular complexity index is 339. The molecule has 0 heterocycles. The lowest BCUT2D eigenvalue weighted by atomic mass is 10.1. The number of benzene rings is 1. The van der Waals surface area contributed by atoms with Crippen LogP contribution < -0.4 is 11.1 Å². The average Bonchev–Trinajstić information content (AvgIpc) is 2.28. The van der Waals surface area contributed by atoms with Crippen LogP contribution >= 0.6 is 15.9 Å². The standard InChI is InChI=1S/C14H23BrN2/c1-3-4-5-6-7-11(2)17-14-9-8-12(16)10-13(14)15/h8-11,17H,3-7,16H2,1-2H3. The summed E-state index contributed by atoms with van der Waals surface area (Å²) in [7, 11) is 0. The molecule has 1 aromatic rings. The van der Waals surface area contributed by atoms with Crippen LogP contribution in [-0.2, 0) is 0 Å². The number of nitrogen functional groups attached to an aromatic ring is 1. The molecule has 0 aliphatic carbocycles. The highest BCUT2D eigenvalue weighted by Gasteiger charge is 2.05. The molecule has 0 spiro atoms. The Morgan fingerprint density at radius 3 is 2.71 bits per heavy atom. The lowest BCUT2D eigenvalue weighted by molar-refractivity contribution is 0.594. The van der Waals surface area contributed by atoms with Gasteiger partial charge < -0.3 is 11.1 Å². The Balaban J connectivity index is 2.37. The van der Waals surface area contributed by atoms with E-state index in [4.69, 9.17) is 5.73 Å². The molecule has 1 rings (SSSR count). The lowest BCUT2D eigenvalue weighted by Gasteiger charge is -2.16. The zero-order valence-electron chi connectivity index (χ0n) is 10.8. The molecule has 1 aromatic carbocycles. The van der Waals surface area contributed by atoms with Crippen LogP contribution in [0.2, 0.25) is 0 Å². The second-order valence-electron chi connectivity index (χ2n) is 4.63. The molecule has 2 nitrogen and oxygen atoms in total. The molecular formula is C14H23BrN2. The first-order valence-electron chi connectivity index (χ1n) is 6.45. The van der Waals surface area contributed by atoms with Crippen molar-refractivity contribution in [2.24, 2.45) is 0 Å². The van der Waals surface area contributed by atoms with Gasteiger partial charge in [0.15, 0.2) is 0 Å². The normalized spacial score (nSPS) is 12.4. The SMILES string of the molecule is CCCCCCC(C)Nc1ccc(N)cc1Br. The summed E-state index contributed by atoms with van der Waals surface area (Å²) in [5.74, 6) is 0. The second-order valence-corrected chi connectivity index (χ2v) is 5.49. The molecule has 3 heteroatoms. The van der Waals surface area contributed by atoms with Gasteiger partial charge in [0.05, 0.1) is 0 Å². The molecule has 0 aromatic heterocycles. The molecule has 0 aliphatic heterocycles. The van der Waals surface area contributed by atoms with Crippen molar-refractivity contribution in [1.82, 2.24) is 0 Å². The first-order chi connectivity index (χ1) is 8.13. The number of hydrogen-bond donors (Lipinski definition) is 2. The van der Waals surface area contributed by atoms with Gasteiger partial charge in [-0.1, -0.05) is 32.6 Å². The number of anilines is 2. The maximum absolute atomic E-state index is 5.71. The molecule has 0 fully saturated rings. The van der Waals surface area contributed by atoms with E-state index in [0.717, 1.165) is 15.8 Å². The van der Waals surface area contributed by atoms with E-state index in [1.807, 2.05) is 18.2 Å². The Hall–Kier alpha value is -0.700. The number of rotatable bonds is 7. The monoisotopic (exact) mass is 298 g/mol. The highest BCUT2D eigenvalue weighted by Crippen LogP contribution is 2.25. The van der Waals surface area contributed by atoms with E-state index in [2.05, 4.69) is 35.1 Å². The van der Waals surface area contributed by atoms with E-state index >= 15 is 0 Å². The molecule has 0 saturated carbocycles. The third-order valence-corrected chi connectivity index (χ3v) is 3.54. The smallest absolute Gasteiger partial charge is 0.0488 e. The van der Waals surface area contributed by atoms with E-state index < -0.39 is 0 Å².